The summed E-state index contributed by atoms with van der Waals surface area (Å²) < 4.78 is 0. The molecule has 0 aliphatic heterocycles. The van der Waals surface area contributed by atoms with Gasteiger partial charge in [-0.05, 0) is 30.5 Å². The lowest BCUT2D eigenvalue weighted by atomic mass is 10.0. The van der Waals surface area contributed by atoms with Crippen LogP contribution in [0.15, 0.2) is 18.2 Å². The average molecular weight is 341 g/mol. The Hall–Kier alpha value is -1.59. The molecule has 0 aromatic heterocycles. The molecule has 0 spiro atoms. The molecule has 1 unspecified atom stereocenters. The van der Waals surface area contributed by atoms with E-state index in [0.29, 0.717) is 29.2 Å². The Kier molecular flexibility index (Phi) is 7.52. The molecule has 2 amide bonds. The quantitative estimate of drug-likeness (QED) is 0.713. The van der Waals surface area contributed by atoms with Gasteiger partial charge in [0.2, 0.25) is 5.91 Å². The number of carbonyl (C=O) groups excluding carboxylic acids is 2. The summed E-state index contributed by atoms with van der Waals surface area (Å²) in [5.74, 6) is -0.462. The van der Waals surface area contributed by atoms with Crippen LogP contribution in [0.3, 0.4) is 0 Å². The van der Waals surface area contributed by atoms with Gasteiger partial charge < -0.3 is 15.7 Å². The van der Waals surface area contributed by atoms with Crippen LogP contribution in [-0.2, 0) is 4.79 Å². The van der Waals surface area contributed by atoms with Gasteiger partial charge in [-0.1, -0.05) is 39.3 Å². The number of halogens is 1. The lowest BCUT2D eigenvalue weighted by Gasteiger charge is -2.15. The van der Waals surface area contributed by atoms with Crippen LogP contribution in [0, 0.1) is 11.8 Å². The first kappa shape index (κ1) is 19.5. The maximum atomic E-state index is 12.2. The Labute approximate surface area is 142 Å². The molecule has 6 heteroatoms. The normalized spacial score (nSPS) is 12.3. The molecule has 0 bridgehead atoms. The van der Waals surface area contributed by atoms with Gasteiger partial charge in [0, 0.05) is 18.2 Å². The van der Waals surface area contributed by atoms with Crippen molar-refractivity contribution in [2.24, 2.45) is 11.8 Å². The number of rotatable bonds is 7. The number of benzene rings is 1. The minimum Gasteiger partial charge on any atom is -0.393 e. The molecule has 128 valence electrons. The smallest absolute Gasteiger partial charge is 0.252 e. The van der Waals surface area contributed by atoms with Crippen molar-refractivity contribution in [2.45, 2.75) is 40.2 Å². The van der Waals surface area contributed by atoms with Crippen molar-refractivity contribution in [2.75, 3.05) is 11.9 Å². The predicted octanol–water partition coefficient (Wildman–Crippen LogP) is 3.07. The number of amides is 2. The van der Waals surface area contributed by atoms with Gasteiger partial charge in [-0.2, -0.15) is 0 Å². The highest BCUT2D eigenvalue weighted by Gasteiger charge is 2.14. The summed E-state index contributed by atoms with van der Waals surface area (Å²) in [4.78, 5) is 23.9. The van der Waals surface area contributed by atoms with Gasteiger partial charge in [0.1, 0.15) is 0 Å². The molecule has 0 radical (unpaired) electrons. The molecule has 0 aliphatic rings. The predicted molar refractivity (Wildman–Crippen MR) is 92.7 cm³/mol. The third-order valence-corrected chi connectivity index (χ3v) is 3.83. The molecule has 0 aliphatic carbocycles. The first-order chi connectivity index (χ1) is 10.7. The maximum absolute atomic E-state index is 12.2. The number of hydrogen-bond donors (Lipinski definition) is 3. The van der Waals surface area contributed by atoms with Gasteiger partial charge in [0.25, 0.3) is 5.91 Å². The van der Waals surface area contributed by atoms with E-state index >= 15 is 0 Å². The van der Waals surface area contributed by atoms with Crippen molar-refractivity contribution < 1.29 is 14.7 Å². The van der Waals surface area contributed by atoms with Crippen LogP contribution in [0.25, 0.3) is 0 Å². The molecule has 0 saturated heterocycles. The molecule has 5 nitrogen and oxygen atoms in total. The monoisotopic (exact) mass is 340 g/mol. The summed E-state index contributed by atoms with van der Waals surface area (Å²) in [5.41, 5.74) is 0.827. The second kappa shape index (κ2) is 8.89. The highest BCUT2D eigenvalue weighted by atomic mass is 35.5. The topological polar surface area (TPSA) is 78.4 Å². The van der Waals surface area contributed by atoms with E-state index in [2.05, 4.69) is 10.6 Å². The summed E-state index contributed by atoms with van der Waals surface area (Å²) in [5, 5.41) is 15.5. The van der Waals surface area contributed by atoms with E-state index in [4.69, 9.17) is 11.6 Å². The van der Waals surface area contributed by atoms with Crippen molar-refractivity contribution in [1.82, 2.24) is 5.32 Å². The van der Waals surface area contributed by atoms with Gasteiger partial charge in [0.15, 0.2) is 0 Å². The number of aliphatic hydroxyl groups is 1. The number of anilines is 1. The van der Waals surface area contributed by atoms with Crippen molar-refractivity contribution in [3.8, 4) is 0 Å². The first-order valence-corrected chi connectivity index (χ1v) is 8.16. The van der Waals surface area contributed by atoms with Gasteiger partial charge in [-0.25, -0.2) is 0 Å². The van der Waals surface area contributed by atoms with Crippen molar-refractivity contribution in [3.05, 3.63) is 28.8 Å². The summed E-state index contributed by atoms with van der Waals surface area (Å²) >= 11 is 6.06. The molecule has 0 fully saturated rings. The van der Waals surface area contributed by atoms with Gasteiger partial charge in [-0.3, -0.25) is 9.59 Å². The third-order valence-electron chi connectivity index (χ3n) is 3.50. The van der Waals surface area contributed by atoms with Crippen LogP contribution in [0.1, 0.15) is 44.5 Å². The summed E-state index contributed by atoms with van der Waals surface area (Å²) in [6, 6.07) is 4.79. The van der Waals surface area contributed by atoms with Crippen LogP contribution < -0.4 is 10.6 Å². The van der Waals surface area contributed by atoms with E-state index in [1.807, 2.05) is 13.8 Å². The Morgan fingerprint density at radius 2 is 1.87 bits per heavy atom. The van der Waals surface area contributed by atoms with Crippen molar-refractivity contribution >= 4 is 29.1 Å². The standard InChI is InChI=1S/C17H25ClN2O3/c1-10(2)15(21)7-8-19-17(23)13-9-12(5-6-14(13)18)20-16(22)11(3)4/h5-6,9-11,15,21H,7-8H2,1-4H3,(H,19,23)(H,20,22). The van der Waals surface area contributed by atoms with Gasteiger partial charge >= 0.3 is 0 Å². The number of aliphatic hydroxyl groups excluding tert-OH is 1. The summed E-state index contributed by atoms with van der Waals surface area (Å²) in [6.07, 6.45) is 0.0209. The van der Waals surface area contributed by atoms with Crippen LogP contribution in [0.4, 0.5) is 5.69 Å². The zero-order valence-electron chi connectivity index (χ0n) is 14.0. The summed E-state index contributed by atoms with van der Waals surface area (Å²) in [7, 11) is 0. The maximum Gasteiger partial charge on any atom is 0.252 e. The Morgan fingerprint density at radius 3 is 2.43 bits per heavy atom. The van der Waals surface area contributed by atoms with Crippen LogP contribution in [-0.4, -0.2) is 29.6 Å². The van der Waals surface area contributed by atoms with Crippen LogP contribution >= 0.6 is 11.6 Å². The second-order valence-corrected chi connectivity index (χ2v) is 6.60. The average Bonchev–Trinajstić information content (AvgIpc) is 2.48. The van der Waals surface area contributed by atoms with E-state index in [0.717, 1.165) is 0 Å². The van der Waals surface area contributed by atoms with Crippen LogP contribution in [0.5, 0.6) is 0 Å². The fourth-order valence-electron chi connectivity index (χ4n) is 1.83. The van der Waals surface area contributed by atoms with Crippen molar-refractivity contribution in [1.29, 1.82) is 0 Å². The Balaban J connectivity index is 2.71. The molecule has 1 rings (SSSR count). The molecule has 1 aromatic rings. The third kappa shape index (κ3) is 6.20. The molecular weight excluding hydrogens is 316 g/mol. The Bertz CT molecular complexity index is 559. The summed E-state index contributed by atoms with van der Waals surface area (Å²) in [6.45, 7) is 7.78. The molecular formula is C17H25ClN2O3. The van der Waals surface area contributed by atoms with Crippen LogP contribution in [0.2, 0.25) is 5.02 Å². The lowest BCUT2D eigenvalue weighted by Crippen LogP contribution is -2.29. The van der Waals surface area contributed by atoms with E-state index < -0.39 is 6.10 Å². The lowest BCUT2D eigenvalue weighted by molar-refractivity contribution is -0.118. The second-order valence-electron chi connectivity index (χ2n) is 6.19. The molecule has 0 saturated carbocycles. The van der Waals surface area contributed by atoms with E-state index in [1.54, 1.807) is 32.0 Å². The highest BCUT2D eigenvalue weighted by Crippen LogP contribution is 2.21. The van der Waals surface area contributed by atoms with Gasteiger partial charge in [0.05, 0.1) is 16.7 Å². The number of nitrogens with one attached hydrogen (secondary N) is 2. The minimum absolute atomic E-state index is 0.126. The Morgan fingerprint density at radius 1 is 1.22 bits per heavy atom. The van der Waals surface area contributed by atoms with Crippen molar-refractivity contribution in [3.63, 3.8) is 0 Å². The fraction of sp³-hybridized carbons (Fsp3) is 0.529. The molecule has 3 N–H and O–H groups in total. The zero-order chi connectivity index (χ0) is 17.6. The highest BCUT2D eigenvalue weighted by molar-refractivity contribution is 6.34. The number of carbonyl (C=O) groups is 2. The molecule has 1 atom stereocenters. The zero-order valence-corrected chi connectivity index (χ0v) is 14.8. The van der Waals surface area contributed by atoms with E-state index in [-0.39, 0.29) is 23.7 Å². The van der Waals surface area contributed by atoms with Gasteiger partial charge in [-0.15, -0.1) is 0 Å². The SMILES string of the molecule is CC(C)C(=O)Nc1ccc(Cl)c(C(=O)NCCC(O)C(C)C)c1. The van der Waals surface area contributed by atoms with E-state index in [9.17, 15) is 14.7 Å². The number of hydrogen-bond acceptors (Lipinski definition) is 3. The minimum atomic E-state index is -0.456. The first-order valence-electron chi connectivity index (χ1n) is 7.79. The fourth-order valence-corrected chi connectivity index (χ4v) is 2.03. The molecule has 0 heterocycles. The van der Waals surface area contributed by atoms with E-state index in [1.165, 1.54) is 0 Å². The largest absolute Gasteiger partial charge is 0.393 e. The molecule has 23 heavy (non-hydrogen) atoms. The molecule has 1 aromatic carbocycles.